The van der Waals surface area contributed by atoms with E-state index in [0.717, 1.165) is 45.4 Å². The number of aryl methyl sites for hydroxylation is 2. The van der Waals surface area contributed by atoms with Crippen molar-refractivity contribution in [2.75, 3.05) is 0 Å². The van der Waals surface area contributed by atoms with E-state index in [0.29, 0.717) is 13.1 Å². The Bertz CT molecular complexity index is 1390. The summed E-state index contributed by atoms with van der Waals surface area (Å²) < 4.78 is 1.74. The molecule has 1 N–H and O–H groups in total. The zero-order valence-electron chi connectivity index (χ0n) is 18.0. The Morgan fingerprint density at radius 3 is 2.72 bits per heavy atom. The van der Waals surface area contributed by atoms with Crippen LogP contribution in [0.2, 0.25) is 0 Å². The van der Waals surface area contributed by atoms with Gasteiger partial charge in [-0.1, -0.05) is 35.9 Å². The van der Waals surface area contributed by atoms with Crippen molar-refractivity contribution in [3.63, 3.8) is 0 Å². The molecule has 0 fully saturated rings. The van der Waals surface area contributed by atoms with Gasteiger partial charge in [0.1, 0.15) is 12.2 Å². The van der Waals surface area contributed by atoms with Crippen molar-refractivity contribution in [1.82, 2.24) is 34.4 Å². The van der Waals surface area contributed by atoms with Gasteiger partial charge in [-0.15, -0.1) is 0 Å². The molecule has 5 aromatic rings. The lowest BCUT2D eigenvalue weighted by Crippen LogP contribution is -2.19. The predicted molar refractivity (Wildman–Crippen MR) is 125 cm³/mol. The van der Waals surface area contributed by atoms with Crippen LogP contribution in [-0.4, -0.2) is 42.3 Å². The molecule has 5 rings (SSSR count). The fourth-order valence-electron chi connectivity index (χ4n) is 3.82. The second-order valence-electron chi connectivity index (χ2n) is 7.95. The molecule has 0 atom stereocenters. The van der Waals surface area contributed by atoms with Crippen LogP contribution < -0.4 is 0 Å². The molecule has 4 aromatic heterocycles. The quantitative estimate of drug-likeness (QED) is 0.423. The first-order chi connectivity index (χ1) is 15.5. The van der Waals surface area contributed by atoms with E-state index in [-0.39, 0.29) is 0 Å². The molecule has 1 aromatic carbocycles. The molecule has 0 saturated heterocycles. The molecule has 0 unspecified atom stereocenters. The highest BCUT2D eigenvalue weighted by atomic mass is 15.3. The molecule has 4 heterocycles. The molecule has 0 bridgehead atoms. The zero-order valence-corrected chi connectivity index (χ0v) is 18.0. The van der Waals surface area contributed by atoms with E-state index in [1.54, 1.807) is 9.33 Å². The third-order valence-corrected chi connectivity index (χ3v) is 5.27. The first-order valence-corrected chi connectivity index (χ1v) is 10.4. The Labute approximate surface area is 187 Å². The number of hydrogen-bond donors (Lipinski definition) is 1. The van der Waals surface area contributed by atoms with Crippen LogP contribution in [0.15, 0.2) is 67.1 Å². The molecule has 8 heteroatoms. The molecule has 0 aliphatic carbocycles. The summed E-state index contributed by atoms with van der Waals surface area (Å²) >= 11 is 0. The molecule has 0 aliphatic rings. The molecule has 7 nitrogen and oxygen atoms in total. The minimum absolute atomic E-state index is 0.471. The fraction of sp³-hybridized carbons (Fsp3) is 0.167. The third-order valence-electron chi connectivity index (χ3n) is 5.27. The number of aromatic nitrogens is 6. The van der Waals surface area contributed by atoms with Crippen molar-refractivity contribution in [3.8, 4) is 22.6 Å². The fourth-order valence-corrected chi connectivity index (χ4v) is 3.82. The molecule has 2 radical (unpaired) electrons. The maximum atomic E-state index is 6.34. The summed E-state index contributed by atoms with van der Waals surface area (Å²) in [7, 11) is 6.34. The van der Waals surface area contributed by atoms with Crippen LogP contribution in [0.3, 0.4) is 0 Å². The van der Waals surface area contributed by atoms with Gasteiger partial charge < -0.3 is 9.79 Å². The molecule has 0 amide bonds. The zero-order chi connectivity index (χ0) is 22.1. The summed E-state index contributed by atoms with van der Waals surface area (Å²) in [5.74, 6) is 0.771. The first-order valence-electron chi connectivity index (χ1n) is 10.4. The van der Waals surface area contributed by atoms with Gasteiger partial charge in [0, 0.05) is 30.5 Å². The Balaban J connectivity index is 1.50. The van der Waals surface area contributed by atoms with Gasteiger partial charge in [-0.3, -0.25) is 4.98 Å². The van der Waals surface area contributed by atoms with Gasteiger partial charge >= 0.3 is 0 Å². The maximum absolute atomic E-state index is 6.34. The SMILES string of the molecule is [B]N(Cc1cccc(C)c1)Cc1nc(-c2ccc3ncnn3c2)c(-c2cccc(C)n2)[nH]1. The van der Waals surface area contributed by atoms with Crippen LogP contribution in [0, 0.1) is 13.8 Å². The van der Waals surface area contributed by atoms with Crippen molar-refractivity contribution in [1.29, 1.82) is 0 Å². The van der Waals surface area contributed by atoms with Crippen LogP contribution >= 0.6 is 0 Å². The van der Waals surface area contributed by atoms with Gasteiger partial charge in [-0.2, -0.15) is 5.10 Å². The van der Waals surface area contributed by atoms with E-state index < -0.39 is 0 Å². The summed E-state index contributed by atoms with van der Waals surface area (Å²) in [5, 5.41) is 4.25. The van der Waals surface area contributed by atoms with E-state index >= 15 is 0 Å². The minimum atomic E-state index is 0.471. The number of pyridine rings is 2. The predicted octanol–water partition coefficient (Wildman–Crippen LogP) is 3.88. The van der Waals surface area contributed by atoms with E-state index in [4.69, 9.17) is 17.9 Å². The molecule has 156 valence electrons. The lowest BCUT2D eigenvalue weighted by atomic mass is 10.1. The molecular formula is C24H22BN7. The molecule has 32 heavy (non-hydrogen) atoms. The topological polar surface area (TPSA) is 75.0 Å². The normalized spacial score (nSPS) is 11.5. The van der Waals surface area contributed by atoms with Crippen LogP contribution in [0.1, 0.15) is 22.6 Å². The lowest BCUT2D eigenvalue weighted by molar-refractivity contribution is 0.432. The number of fused-ring (bicyclic) bond motifs is 1. The van der Waals surface area contributed by atoms with Crippen molar-refractivity contribution >= 4 is 13.6 Å². The second-order valence-corrected chi connectivity index (χ2v) is 7.95. The average Bonchev–Trinajstić information content (AvgIpc) is 3.40. The lowest BCUT2D eigenvalue weighted by Gasteiger charge is -2.16. The van der Waals surface area contributed by atoms with Crippen LogP contribution in [-0.2, 0) is 13.1 Å². The number of imidazole rings is 1. The number of aromatic amines is 1. The van der Waals surface area contributed by atoms with Crippen molar-refractivity contribution < 1.29 is 0 Å². The molecule has 0 saturated carbocycles. The van der Waals surface area contributed by atoms with Crippen LogP contribution in [0.5, 0.6) is 0 Å². The molecular weight excluding hydrogens is 397 g/mol. The Hall–Kier alpha value is -3.78. The Kier molecular flexibility index (Phi) is 5.29. The number of rotatable bonds is 6. The van der Waals surface area contributed by atoms with E-state index in [2.05, 4.69) is 40.2 Å². The number of benzene rings is 1. The summed E-state index contributed by atoms with van der Waals surface area (Å²) in [6, 6.07) is 18.2. The highest BCUT2D eigenvalue weighted by molar-refractivity contribution is 6.04. The average molecular weight is 419 g/mol. The second kappa shape index (κ2) is 8.40. The van der Waals surface area contributed by atoms with Crippen LogP contribution in [0.4, 0.5) is 0 Å². The number of hydrogen-bond acceptors (Lipinski definition) is 5. The summed E-state index contributed by atoms with van der Waals surface area (Å²) in [4.78, 5) is 19.0. The van der Waals surface area contributed by atoms with Crippen molar-refractivity contribution in [2.45, 2.75) is 26.9 Å². The van der Waals surface area contributed by atoms with Gasteiger partial charge in [0.25, 0.3) is 0 Å². The van der Waals surface area contributed by atoms with Crippen molar-refractivity contribution in [2.24, 2.45) is 0 Å². The Morgan fingerprint density at radius 1 is 1.00 bits per heavy atom. The van der Waals surface area contributed by atoms with Crippen molar-refractivity contribution in [3.05, 3.63) is 89.8 Å². The standard InChI is InChI=1S/C24H22BN7/c1-16-5-3-7-18(11-16)12-31(25)14-21-29-23(19-9-10-22-26-15-27-32(22)13-19)24(30-21)20-8-4-6-17(2)28-20/h3-11,13,15H,12,14H2,1-2H3,(H,29,30). The smallest absolute Gasteiger partial charge is 0.183 e. The van der Waals surface area contributed by atoms with Gasteiger partial charge in [0.2, 0.25) is 0 Å². The summed E-state index contributed by atoms with van der Waals surface area (Å²) in [5.41, 5.74) is 7.52. The van der Waals surface area contributed by atoms with Gasteiger partial charge in [-0.05, 0) is 43.7 Å². The van der Waals surface area contributed by atoms with Crippen LogP contribution in [0.25, 0.3) is 28.3 Å². The minimum Gasteiger partial charge on any atom is -0.344 e. The summed E-state index contributed by atoms with van der Waals surface area (Å²) in [6.45, 7) is 5.15. The number of nitrogens with zero attached hydrogens (tertiary/aromatic N) is 6. The molecule has 0 aliphatic heterocycles. The first kappa shape index (κ1) is 20.1. The Morgan fingerprint density at radius 2 is 1.88 bits per heavy atom. The van der Waals surface area contributed by atoms with Gasteiger partial charge in [-0.25, -0.2) is 14.5 Å². The van der Waals surface area contributed by atoms with Gasteiger partial charge in [0.15, 0.2) is 13.6 Å². The van der Waals surface area contributed by atoms with E-state index in [1.165, 1.54) is 11.9 Å². The number of H-pyrrole nitrogens is 1. The third kappa shape index (κ3) is 4.17. The van der Waals surface area contributed by atoms with E-state index in [1.807, 2.05) is 49.5 Å². The van der Waals surface area contributed by atoms with Gasteiger partial charge in [0.05, 0.1) is 17.1 Å². The maximum Gasteiger partial charge on any atom is 0.183 e. The largest absolute Gasteiger partial charge is 0.344 e. The summed E-state index contributed by atoms with van der Waals surface area (Å²) in [6.07, 6.45) is 3.46. The number of nitrogens with one attached hydrogen (secondary N) is 1. The van der Waals surface area contributed by atoms with E-state index in [9.17, 15) is 0 Å². The molecule has 0 spiro atoms. The monoisotopic (exact) mass is 419 g/mol. The highest BCUT2D eigenvalue weighted by Crippen LogP contribution is 2.29. The highest BCUT2D eigenvalue weighted by Gasteiger charge is 2.17.